The highest BCUT2D eigenvalue weighted by Crippen LogP contribution is 1.57. The minimum Gasteiger partial charge on any atom is -0.330 e. The van der Waals surface area contributed by atoms with Crippen LogP contribution in [0, 0.1) is 0 Å². The van der Waals surface area contributed by atoms with Gasteiger partial charge in [-0.05, 0) is 13.0 Å². The first-order valence-electron chi connectivity index (χ1n) is 2.12. The van der Waals surface area contributed by atoms with Crippen LogP contribution in [0.3, 0.4) is 0 Å². The molecule has 0 fully saturated rings. The van der Waals surface area contributed by atoms with Crippen molar-refractivity contribution in [2.45, 2.75) is 13.3 Å². The molecule has 0 heterocycles. The van der Waals surface area contributed by atoms with E-state index in [-0.39, 0.29) is 0 Å². The molecule has 0 aromatic carbocycles. The highest BCUT2D eigenvalue weighted by molar-refractivity contribution is 4.22. The van der Waals surface area contributed by atoms with Crippen molar-refractivity contribution >= 4 is 0 Å². The van der Waals surface area contributed by atoms with E-state index in [4.69, 9.17) is 5.73 Å². The monoisotopic (exact) mass is 87.1 g/mol. The zero-order valence-electron chi connectivity index (χ0n) is 4.41. The normalized spacial score (nSPS) is 5.67. The number of hydrogen-bond donors (Lipinski definition) is 1. The minimum atomic E-state index is 0.819. The van der Waals surface area contributed by atoms with Crippen LogP contribution in [0.2, 0.25) is 0 Å². The van der Waals surface area contributed by atoms with Gasteiger partial charge in [0, 0.05) is 0 Å². The first-order chi connectivity index (χ1) is 2.91. The number of nitrogens with two attached hydrogens (primary N) is 1. The van der Waals surface area contributed by atoms with E-state index in [2.05, 4.69) is 20.1 Å². The van der Waals surface area contributed by atoms with E-state index in [1.807, 2.05) is 0 Å². The molecule has 0 saturated heterocycles. The van der Waals surface area contributed by atoms with E-state index in [0.29, 0.717) is 0 Å². The topological polar surface area (TPSA) is 26.0 Å². The van der Waals surface area contributed by atoms with Gasteiger partial charge in [-0.15, -0.1) is 13.2 Å². The van der Waals surface area contributed by atoms with Crippen molar-refractivity contribution in [3.05, 3.63) is 13.2 Å². The third-order valence-electron chi connectivity index (χ3n) is 0.289. The molecule has 0 atom stereocenters. The second kappa shape index (κ2) is 22.3. The fourth-order valence-corrected chi connectivity index (χ4v) is 0. The van der Waals surface area contributed by atoms with Crippen LogP contribution in [0.5, 0.6) is 0 Å². The summed E-state index contributed by atoms with van der Waals surface area (Å²) in [5, 5.41) is 0. The molecule has 6 heavy (non-hydrogen) atoms. The predicted octanol–water partition coefficient (Wildman–Crippen LogP) is 1.16. The lowest BCUT2D eigenvalue weighted by molar-refractivity contribution is 0.932. The highest BCUT2D eigenvalue weighted by atomic mass is 14.5. The van der Waals surface area contributed by atoms with Gasteiger partial charge in [-0.3, -0.25) is 0 Å². The lowest BCUT2D eigenvalue weighted by atomic mass is 10.5. The summed E-state index contributed by atoms with van der Waals surface area (Å²) in [6.45, 7) is 8.88. The van der Waals surface area contributed by atoms with Crippen LogP contribution in [0.4, 0.5) is 0 Å². The molecule has 0 aliphatic heterocycles. The maximum Gasteiger partial charge on any atom is -0.00799 e. The van der Waals surface area contributed by atoms with Gasteiger partial charge >= 0.3 is 0 Å². The molecular weight excluding hydrogens is 74.1 g/mol. The van der Waals surface area contributed by atoms with Crippen molar-refractivity contribution in [2.24, 2.45) is 5.73 Å². The molecule has 0 aliphatic rings. The SMILES string of the molecule is C=C.CCCN. The quantitative estimate of drug-likeness (QED) is 0.477. The van der Waals surface area contributed by atoms with E-state index in [0.717, 1.165) is 13.0 Å². The van der Waals surface area contributed by atoms with E-state index < -0.39 is 0 Å². The minimum absolute atomic E-state index is 0.819. The molecule has 1 nitrogen and oxygen atoms in total. The Morgan fingerprint density at radius 1 is 1.50 bits per heavy atom. The molecular formula is C5H13N. The average Bonchev–Trinajstić information content (AvgIpc) is 1.72. The van der Waals surface area contributed by atoms with Crippen molar-refractivity contribution in [3.63, 3.8) is 0 Å². The van der Waals surface area contributed by atoms with Gasteiger partial charge in [0.1, 0.15) is 0 Å². The Hall–Kier alpha value is -0.300. The molecule has 0 unspecified atom stereocenters. The molecule has 0 aliphatic carbocycles. The second-order valence-corrected chi connectivity index (χ2v) is 0.789. The van der Waals surface area contributed by atoms with Crippen LogP contribution in [0.1, 0.15) is 13.3 Å². The van der Waals surface area contributed by atoms with E-state index in [1.165, 1.54) is 0 Å². The first kappa shape index (κ1) is 9.20. The van der Waals surface area contributed by atoms with Crippen LogP contribution in [0.25, 0.3) is 0 Å². The summed E-state index contributed by atoms with van der Waals surface area (Å²) in [6, 6.07) is 0. The zero-order chi connectivity index (χ0) is 5.41. The Labute approximate surface area is 39.9 Å². The van der Waals surface area contributed by atoms with Gasteiger partial charge in [-0.2, -0.15) is 0 Å². The third-order valence-corrected chi connectivity index (χ3v) is 0.289. The fourth-order valence-electron chi connectivity index (χ4n) is 0. The van der Waals surface area contributed by atoms with E-state index in [9.17, 15) is 0 Å². The van der Waals surface area contributed by atoms with Crippen molar-refractivity contribution in [1.29, 1.82) is 0 Å². The molecule has 0 amide bonds. The van der Waals surface area contributed by atoms with E-state index >= 15 is 0 Å². The summed E-state index contributed by atoms with van der Waals surface area (Å²) in [4.78, 5) is 0. The molecule has 38 valence electrons. The van der Waals surface area contributed by atoms with Gasteiger partial charge in [0.05, 0.1) is 0 Å². The first-order valence-corrected chi connectivity index (χ1v) is 2.12. The van der Waals surface area contributed by atoms with Gasteiger partial charge in [0.2, 0.25) is 0 Å². The van der Waals surface area contributed by atoms with Gasteiger partial charge in [0.15, 0.2) is 0 Å². The summed E-state index contributed by atoms with van der Waals surface area (Å²) in [5.74, 6) is 0. The Balaban J connectivity index is 0. The summed E-state index contributed by atoms with van der Waals surface area (Å²) < 4.78 is 0. The van der Waals surface area contributed by atoms with Crippen molar-refractivity contribution in [2.75, 3.05) is 6.54 Å². The smallest absolute Gasteiger partial charge is 0.00799 e. The van der Waals surface area contributed by atoms with Crippen molar-refractivity contribution in [1.82, 2.24) is 0 Å². The molecule has 0 radical (unpaired) electrons. The Bertz CT molecular complexity index is 11.4. The van der Waals surface area contributed by atoms with Crippen LogP contribution in [-0.4, -0.2) is 6.54 Å². The molecule has 0 saturated carbocycles. The number of hydrogen-bond acceptors (Lipinski definition) is 1. The van der Waals surface area contributed by atoms with Gasteiger partial charge in [0.25, 0.3) is 0 Å². The standard InChI is InChI=1S/C3H9N.C2H4/c1-2-3-4;1-2/h2-4H2,1H3;1-2H2. The lowest BCUT2D eigenvalue weighted by Crippen LogP contribution is -1.93. The summed E-state index contributed by atoms with van der Waals surface area (Å²) in [6.07, 6.45) is 1.10. The van der Waals surface area contributed by atoms with Crippen LogP contribution < -0.4 is 5.73 Å². The lowest BCUT2D eigenvalue weighted by Gasteiger charge is -1.70. The average molecular weight is 87.2 g/mol. The number of rotatable bonds is 1. The van der Waals surface area contributed by atoms with E-state index in [1.54, 1.807) is 0 Å². The van der Waals surface area contributed by atoms with Crippen LogP contribution >= 0.6 is 0 Å². The summed E-state index contributed by atoms with van der Waals surface area (Å²) in [7, 11) is 0. The van der Waals surface area contributed by atoms with Gasteiger partial charge < -0.3 is 5.73 Å². The molecule has 0 bridgehead atoms. The maximum atomic E-state index is 5.03. The van der Waals surface area contributed by atoms with Gasteiger partial charge in [-0.1, -0.05) is 6.92 Å². The zero-order valence-corrected chi connectivity index (χ0v) is 4.41. The van der Waals surface area contributed by atoms with Crippen molar-refractivity contribution in [3.8, 4) is 0 Å². The van der Waals surface area contributed by atoms with Crippen molar-refractivity contribution < 1.29 is 0 Å². The Morgan fingerprint density at radius 3 is 1.67 bits per heavy atom. The van der Waals surface area contributed by atoms with Crippen LogP contribution in [-0.2, 0) is 0 Å². The fraction of sp³-hybridized carbons (Fsp3) is 0.600. The second-order valence-electron chi connectivity index (χ2n) is 0.789. The Kier molecular flexibility index (Phi) is 34.1. The largest absolute Gasteiger partial charge is 0.330 e. The molecule has 0 aromatic heterocycles. The predicted molar refractivity (Wildman–Crippen MR) is 30.6 cm³/mol. The molecule has 2 N–H and O–H groups in total. The summed E-state index contributed by atoms with van der Waals surface area (Å²) in [5.41, 5.74) is 5.03. The molecule has 0 spiro atoms. The Morgan fingerprint density at radius 2 is 1.67 bits per heavy atom. The van der Waals surface area contributed by atoms with Gasteiger partial charge in [-0.25, -0.2) is 0 Å². The molecule has 1 heteroatoms. The molecule has 0 aromatic rings. The highest BCUT2D eigenvalue weighted by Gasteiger charge is 1.55. The summed E-state index contributed by atoms with van der Waals surface area (Å²) >= 11 is 0. The molecule has 0 rings (SSSR count). The third kappa shape index (κ3) is 55.0. The van der Waals surface area contributed by atoms with Crippen LogP contribution in [0.15, 0.2) is 13.2 Å². The maximum absolute atomic E-state index is 5.03.